The molecule has 0 saturated heterocycles. The van der Waals surface area contributed by atoms with Crippen molar-refractivity contribution < 1.29 is 8.42 Å². The standard InChI is InChI=1S/C13H16BrN3O2S2/c1-17(2)12(13-4-3-5-20-13)9-16-21(18,19)11-6-10(14)7-15-8-11/h3-8,12,16H,9H2,1-2H3. The third-order valence-electron chi connectivity index (χ3n) is 2.95. The number of aromatic nitrogens is 1. The zero-order valence-electron chi connectivity index (χ0n) is 11.7. The third kappa shape index (κ3) is 4.33. The van der Waals surface area contributed by atoms with E-state index in [9.17, 15) is 8.42 Å². The largest absolute Gasteiger partial charge is 0.300 e. The maximum absolute atomic E-state index is 12.3. The van der Waals surface area contributed by atoms with Crippen molar-refractivity contribution in [2.24, 2.45) is 0 Å². The molecule has 0 bridgehead atoms. The van der Waals surface area contributed by atoms with Crippen molar-refractivity contribution in [3.8, 4) is 0 Å². The van der Waals surface area contributed by atoms with E-state index in [1.807, 2.05) is 36.5 Å². The van der Waals surface area contributed by atoms with Crippen molar-refractivity contribution in [1.82, 2.24) is 14.6 Å². The van der Waals surface area contributed by atoms with E-state index in [-0.39, 0.29) is 10.9 Å². The predicted molar refractivity (Wildman–Crippen MR) is 87.9 cm³/mol. The summed E-state index contributed by atoms with van der Waals surface area (Å²) in [4.78, 5) is 7.16. The number of hydrogen-bond donors (Lipinski definition) is 1. The van der Waals surface area contributed by atoms with Gasteiger partial charge in [0.25, 0.3) is 0 Å². The van der Waals surface area contributed by atoms with Crippen LogP contribution in [0.2, 0.25) is 0 Å². The van der Waals surface area contributed by atoms with Crippen LogP contribution in [-0.2, 0) is 10.0 Å². The molecular weight excluding hydrogens is 374 g/mol. The van der Waals surface area contributed by atoms with Crippen LogP contribution in [0.1, 0.15) is 10.9 Å². The minimum atomic E-state index is -3.57. The van der Waals surface area contributed by atoms with Crippen molar-refractivity contribution in [3.05, 3.63) is 45.3 Å². The lowest BCUT2D eigenvalue weighted by molar-refractivity contribution is 0.303. The molecule has 1 unspecified atom stereocenters. The maximum atomic E-state index is 12.3. The van der Waals surface area contributed by atoms with Crippen molar-refractivity contribution in [3.63, 3.8) is 0 Å². The lowest BCUT2D eigenvalue weighted by atomic mass is 10.2. The van der Waals surface area contributed by atoms with E-state index in [4.69, 9.17) is 0 Å². The van der Waals surface area contributed by atoms with Crippen molar-refractivity contribution >= 4 is 37.3 Å². The Labute approximate surface area is 137 Å². The van der Waals surface area contributed by atoms with Crippen LogP contribution in [0.25, 0.3) is 0 Å². The highest BCUT2D eigenvalue weighted by molar-refractivity contribution is 9.10. The zero-order valence-corrected chi connectivity index (χ0v) is 14.9. The molecule has 2 heterocycles. The first kappa shape index (κ1) is 16.6. The summed E-state index contributed by atoms with van der Waals surface area (Å²) >= 11 is 4.84. The average molecular weight is 390 g/mol. The fourth-order valence-electron chi connectivity index (χ4n) is 1.83. The smallest absolute Gasteiger partial charge is 0.242 e. The Hall–Kier alpha value is -0.800. The Morgan fingerprint density at radius 1 is 1.43 bits per heavy atom. The molecule has 2 aromatic rings. The van der Waals surface area contributed by atoms with Crippen molar-refractivity contribution in [1.29, 1.82) is 0 Å². The van der Waals surface area contributed by atoms with Gasteiger partial charge in [0.1, 0.15) is 4.90 Å². The third-order valence-corrected chi connectivity index (χ3v) is 5.75. The number of nitrogens with zero attached hydrogens (tertiary/aromatic N) is 2. The Bertz CT molecular complexity index is 687. The first-order valence-corrected chi connectivity index (χ1v) is 9.36. The number of likely N-dealkylation sites (N-methyl/N-ethyl adjacent to an activating group) is 1. The second-order valence-corrected chi connectivity index (χ2v) is 8.35. The van der Waals surface area contributed by atoms with Crippen LogP contribution in [0.3, 0.4) is 0 Å². The summed E-state index contributed by atoms with van der Waals surface area (Å²) in [5.41, 5.74) is 0. The van der Waals surface area contributed by atoms with Gasteiger partial charge in [0.05, 0.1) is 6.04 Å². The fraction of sp³-hybridized carbons (Fsp3) is 0.308. The number of rotatable bonds is 6. The highest BCUT2D eigenvalue weighted by atomic mass is 79.9. The molecule has 0 aromatic carbocycles. The van der Waals surface area contributed by atoms with Gasteiger partial charge in [-0.15, -0.1) is 11.3 Å². The molecule has 1 atom stereocenters. The number of halogens is 1. The number of nitrogens with one attached hydrogen (secondary N) is 1. The van der Waals surface area contributed by atoms with E-state index in [0.717, 1.165) is 4.88 Å². The molecule has 0 fully saturated rings. The van der Waals surface area contributed by atoms with E-state index in [1.54, 1.807) is 17.5 Å². The Morgan fingerprint density at radius 3 is 2.76 bits per heavy atom. The van der Waals surface area contributed by atoms with Crippen LogP contribution in [0.15, 0.2) is 45.3 Å². The predicted octanol–water partition coefficient (Wildman–Crippen LogP) is 2.49. The second kappa shape index (κ2) is 6.97. The molecule has 0 aliphatic rings. The molecule has 0 radical (unpaired) electrons. The molecule has 114 valence electrons. The SMILES string of the molecule is CN(C)C(CNS(=O)(=O)c1cncc(Br)c1)c1cccs1. The van der Waals surface area contributed by atoms with Gasteiger partial charge in [0, 0.05) is 28.3 Å². The lowest BCUT2D eigenvalue weighted by Gasteiger charge is -2.23. The van der Waals surface area contributed by atoms with Gasteiger partial charge in [-0.1, -0.05) is 6.07 Å². The van der Waals surface area contributed by atoms with Gasteiger partial charge in [-0.05, 0) is 47.5 Å². The quantitative estimate of drug-likeness (QED) is 0.823. The molecule has 0 amide bonds. The summed E-state index contributed by atoms with van der Waals surface area (Å²) < 4.78 is 27.9. The van der Waals surface area contributed by atoms with Gasteiger partial charge < -0.3 is 4.90 Å². The first-order chi connectivity index (χ1) is 9.90. The normalized spacial score (nSPS) is 13.5. The average Bonchev–Trinajstić information content (AvgIpc) is 2.92. The summed E-state index contributed by atoms with van der Waals surface area (Å²) in [7, 11) is 0.293. The fourth-order valence-corrected chi connectivity index (χ4v) is 4.29. The van der Waals surface area contributed by atoms with E-state index in [2.05, 4.69) is 25.6 Å². The summed E-state index contributed by atoms with van der Waals surface area (Å²) in [6.45, 7) is 0.308. The Balaban J connectivity index is 2.13. The van der Waals surface area contributed by atoms with Crippen LogP contribution in [0.4, 0.5) is 0 Å². The van der Waals surface area contributed by atoms with E-state index in [0.29, 0.717) is 11.0 Å². The summed E-state index contributed by atoms with van der Waals surface area (Å²) in [6, 6.07) is 5.50. The second-order valence-electron chi connectivity index (χ2n) is 4.69. The number of hydrogen-bond acceptors (Lipinski definition) is 5. The van der Waals surface area contributed by atoms with Crippen molar-refractivity contribution in [2.75, 3.05) is 20.6 Å². The molecule has 0 aliphatic carbocycles. The summed E-state index contributed by atoms with van der Waals surface area (Å²) in [5, 5.41) is 1.98. The van der Waals surface area contributed by atoms with Crippen LogP contribution >= 0.6 is 27.3 Å². The minimum Gasteiger partial charge on any atom is -0.300 e. The van der Waals surface area contributed by atoms with Gasteiger partial charge in [-0.2, -0.15) is 0 Å². The van der Waals surface area contributed by atoms with Crippen LogP contribution in [0, 0.1) is 0 Å². The molecule has 0 aliphatic heterocycles. The van der Waals surface area contributed by atoms with Gasteiger partial charge in [-0.25, -0.2) is 13.1 Å². The molecule has 21 heavy (non-hydrogen) atoms. The van der Waals surface area contributed by atoms with Crippen LogP contribution < -0.4 is 4.72 Å². The van der Waals surface area contributed by atoms with Crippen LogP contribution in [-0.4, -0.2) is 38.9 Å². The van der Waals surface area contributed by atoms with Gasteiger partial charge in [0.15, 0.2) is 0 Å². The molecule has 5 nitrogen and oxygen atoms in total. The molecular formula is C13H16BrN3O2S2. The highest BCUT2D eigenvalue weighted by Crippen LogP contribution is 2.23. The maximum Gasteiger partial charge on any atom is 0.242 e. The Morgan fingerprint density at radius 2 is 2.19 bits per heavy atom. The summed E-state index contributed by atoms with van der Waals surface area (Å²) in [6.07, 6.45) is 2.89. The zero-order chi connectivity index (χ0) is 15.5. The van der Waals surface area contributed by atoms with E-state index < -0.39 is 10.0 Å². The number of thiophene rings is 1. The topological polar surface area (TPSA) is 62.3 Å². The molecule has 2 rings (SSSR count). The van der Waals surface area contributed by atoms with Gasteiger partial charge in [0.2, 0.25) is 10.0 Å². The van der Waals surface area contributed by atoms with E-state index >= 15 is 0 Å². The van der Waals surface area contributed by atoms with Gasteiger partial charge >= 0.3 is 0 Å². The number of pyridine rings is 1. The van der Waals surface area contributed by atoms with Crippen molar-refractivity contribution in [2.45, 2.75) is 10.9 Å². The Kier molecular flexibility index (Phi) is 5.50. The molecule has 1 N–H and O–H groups in total. The molecule has 2 aromatic heterocycles. The highest BCUT2D eigenvalue weighted by Gasteiger charge is 2.20. The molecule has 0 saturated carbocycles. The number of sulfonamides is 1. The monoisotopic (exact) mass is 389 g/mol. The van der Waals surface area contributed by atoms with Crippen LogP contribution in [0.5, 0.6) is 0 Å². The summed E-state index contributed by atoms with van der Waals surface area (Å²) in [5.74, 6) is 0. The first-order valence-electron chi connectivity index (χ1n) is 6.20. The molecule has 0 spiro atoms. The van der Waals surface area contributed by atoms with E-state index in [1.165, 1.54) is 12.3 Å². The van der Waals surface area contributed by atoms with Gasteiger partial charge in [-0.3, -0.25) is 4.98 Å². The minimum absolute atomic E-state index is 0.000105. The lowest BCUT2D eigenvalue weighted by Crippen LogP contribution is -2.34. The molecule has 8 heteroatoms.